The van der Waals surface area contributed by atoms with Crippen LogP contribution in [0.5, 0.6) is 5.88 Å². The smallest absolute Gasteiger partial charge is 0.254 e. The van der Waals surface area contributed by atoms with E-state index in [4.69, 9.17) is 0 Å². The molecule has 0 aliphatic carbocycles. The number of nitrogens with zero attached hydrogens (tertiary/aromatic N) is 3. The number of nitrogens with one attached hydrogen (secondary N) is 1. The number of aromatic nitrogens is 1. The Morgan fingerprint density at radius 2 is 1.81 bits per heavy atom. The zero-order valence-corrected chi connectivity index (χ0v) is 20.8. The summed E-state index contributed by atoms with van der Waals surface area (Å²) in [5.41, 5.74) is 2.84. The molecule has 36 heavy (non-hydrogen) atoms. The average Bonchev–Trinajstić information content (AvgIpc) is 3.33. The van der Waals surface area contributed by atoms with Crippen LogP contribution in [0.1, 0.15) is 26.3 Å². The highest BCUT2D eigenvalue weighted by Gasteiger charge is 2.31. The standard InChI is InChI=1S/C23H22N4O3.CH4O4S/c1-27(2)11-9-26(10-12-27)23(30)14-7-8-18-16(13-14)19(22(29)25-18)20-21(28)15-5-3-4-6-17(15)24-20;1-5-6(2,3)4/h3-8,13H,9-12H2,1-2H3,(H-,24,25,28,29,30);1H3,(H,2,3,4). The van der Waals surface area contributed by atoms with Crippen LogP contribution in [0.4, 0.5) is 5.69 Å². The van der Waals surface area contributed by atoms with Crippen LogP contribution in [0.25, 0.3) is 10.9 Å². The van der Waals surface area contributed by atoms with E-state index < -0.39 is 10.4 Å². The number of benzene rings is 2. The van der Waals surface area contributed by atoms with Crippen molar-refractivity contribution in [3.05, 3.63) is 59.2 Å². The Labute approximate surface area is 208 Å². The zero-order valence-electron chi connectivity index (χ0n) is 20.0. The first-order chi connectivity index (χ1) is 16.9. The maximum absolute atomic E-state index is 13.1. The fourth-order valence-electron chi connectivity index (χ4n) is 4.17. The highest BCUT2D eigenvalue weighted by Crippen LogP contribution is 2.35. The van der Waals surface area contributed by atoms with Crippen LogP contribution in [0.2, 0.25) is 0 Å². The fraction of sp³-hybridized carbons (Fsp3) is 0.292. The highest BCUT2D eigenvalue weighted by molar-refractivity contribution is 7.80. The third-order valence-corrected chi connectivity index (χ3v) is 6.71. The number of rotatable bonds is 3. The minimum Gasteiger partial charge on any atom is -0.726 e. The van der Waals surface area contributed by atoms with Crippen molar-refractivity contribution >= 4 is 44.4 Å². The van der Waals surface area contributed by atoms with Gasteiger partial charge in [-0.05, 0) is 30.3 Å². The van der Waals surface area contributed by atoms with Crippen LogP contribution < -0.4 is 0 Å². The molecule has 1 aromatic heterocycles. The molecule has 1 fully saturated rings. The molecule has 2 aliphatic heterocycles. The monoisotopic (exact) mass is 514 g/mol. The summed E-state index contributed by atoms with van der Waals surface area (Å²) in [5, 5.41) is 11.2. The van der Waals surface area contributed by atoms with Crippen molar-refractivity contribution in [2.24, 2.45) is 4.99 Å². The van der Waals surface area contributed by atoms with Crippen molar-refractivity contribution in [2.45, 2.75) is 0 Å². The Morgan fingerprint density at radius 3 is 2.42 bits per heavy atom. The number of aromatic hydroxyl groups is 1. The van der Waals surface area contributed by atoms with Crippen LogP contribution in [-0.4, -0.2) is 97.2 Å². The van der Waals surface area contributed by atoms with E-state index in [1.165, 1.54) is 0 Å². The number of para-hydroxylation sites is 1. The van der Waals surface area contributed by atoms with Crippen molar-refractivity contribution in [1.29, 1.82) is 0 Å². The van der Waals surface area contributed by atoms with Crippen molar-refractivity contribution < 1.29 is 36.3 Å². The number of likely N-dealkylation sites (N-methyl/N-ethyl adjacent to an activating group) is 1. The van der Waals surface area contributed by atoms with Crippen molar-refractivity contribution in [2.75, 3.05) is 47.4 Å². The van der Waals surface area contributed by atoms with Gasteiger partial charge in [0.15, 0.2) is 5.88 Å². The summed E-state index contributed by atoms with van der Waals surface area (Å²) in [6.45, 7) is 3.23. The predicted octanol–water partition coefficient (Wildman–Crippen LogP) is 1.82. The number of ketones is 1. The number of H-pyrrole nitrogens is 1. The van der Waals surface area contributed by atoms with E-state index in [-0.39, 0.29) is 23.3 Å². The number of aliphatic imine (C=N–C) groups is 1. The Morgan fingerprint density at radius 1 is 1.17 bits per heavy atom. The van der Waals surface area contributed by atoms with Gasteiger partial charge in [-0.2, -0.15) is 0 Å². The van der Waals surface area contributed by atoms with Gasteiger partial charge >= 0.3 is 0 Å². The number of hydrogen-bond donors (Lipinski definition) is 2. The Kier molecular flexibility index (Phi) is 6.71. The summed E-state index contributed by atoms with van der Waals surface area (Å²) in [6, 6.07) is 12.4. The second-order valence-electron chi connectivity index (χ2n) is 9.17. The van der Waals surface area contributed by atoms with Gasteiger partial charge in [-0.15, -0.1) is 0 Å². The lowest BCUT2D eigenvalue weighted by molar-refractivity contribution is -0.894. The molecule has 1 saturated heterocycles. The highest BCUT2D eigenvalue weighted by atomic mass is 32.3. The molecule has 2 aliphatic rings. The molecule has 0 radical (unpaired) electrons. The summed E-state index contributed by atoms with van der Waals surface area (Å²) in [7, 11) is 0.729. The molecular formula is C24H26N4O7S. The number of piperazine rings is 1. The van der Waals surface area contributed by atoms with Crippen LogP contribution >= 0.6 is 0 Å². The predicted molar refractivity (Wildman–Crippen MR) is 131 cm³/mol. The van der Waals surface area contributed by atoms with Crippen molar-refractivity contribution in [3.8, 4) is 5.88 Å². The molecule has 12 heteroatoms. The van der Waals surface area contributed by atoms with E-state index in [0.717, 1.165) is 24.7 Å². The summed E-state index contributed by atoms with van der Waals surface area (Å²) in [5.74, 6) is -0.382. The molecule has 190 valence electrons. The first-order valence-electron chi connectivity index (χ1n) is 11.1. The Bertz CT molecular complexity index is 1480. The van der Waals surface area contributed by atoms with Crippen LogP contribution in [0, 0.1) is 0 Å². The summed E-state index contributed by atoms with van der Waals surface area (Å²) in [6.07, 6.45) is 0. The number of fused-ring (bicyclic) bond motifs is 2. The van der Waals surface area contributed by atoms with Gasteiger partial charge in [0, 0.05) is 22.0 Å². The third kappa shape index (κ3) is 5.16. The van der Waals surface area contributed by atoms with E-state index in [1.54, 1.807) is 36.4 Å². The fourth-order valence-corrected chi connectivity index (χ4v) is 4.17. The van der Waals surface area contributed by atoms with Crippen LogP contribution in [0.15, 0.2) is 47.5 Å². The molecule has 2 N–H and O–H groups in total. The number of carbonyl (C=O) groups is 2. The van der Waals surface area contributed by atoms with Crippen molar-refractivity contribution in [1.82, 2.24) is 9.88 Å². The van der Waals surface area contributed by atoms with Crippen molar-refractivity contribution in [3.63, 3.8) is 0 Å². The molecule has 0 bridgehead atoms. The topological polar surface area (TPSA) is 152 Å². The van der Waals surface area contributed by atoms with Gasteiger partial charge in [0.25, 0.3) is 5.91 Å². The third-order valence-electron chi connectivity index (χ3n) is 6.30. The Hall–Kier alpha value is -3.58. The molecule has 0 atom stereocenters. The largest absolute Gasteiger partial charge is 0.726 e. The zero-order chi connectivity index (χ0) is 26.3. The molecule has 5 rings (SSSR count). The minimum atomic E-state index is -4.41. The molecule has 0 unspecified atom stereocenters. The lowest BCUT2D eigenvalue weighted by Gasteiger charge is -2.39. The van der Waals surface area contributed by atoms with E-state index in [9.17, 15) is 27.7 Å². The second kappa shape index (κ2) is 9.47. The molecule has 1 amide bonds. The van der Waals surface area contributed by atoms with E-state index in [1.807, 2.05) is 11.0 Å². The van der Waals surface area contributed by atoms with Gasteiger partial charge in [0.1, 0.15) is 5.71 Å². The number of carbonyl (C=O) groups excluding carboxylic acids is 2. The quantitative estimate of drug-likeness (QED) is 0.307. The van der Waals surface area contributed by atoms with Gasteiger partial charge in [0.05, 0.1) is 58.6 Å². The van der Waals surface area contributed by atoms with Gasteiger partial charge < -0.3 is 24.0 Å². The van der Waals surface area contributed by atoms with Gasteiger partial charge in [-0.1, -0.05) is 12.1 Å². The summed E-state index contributed by atoms with van der Waals surface area (Å²) < 4.78 is 31.9. The van der Waals surface area contributed by atoms with Crippen LogP contribution in [-0.2, 0) is 14.6 Å². The van der Waals surface area contributed by atoms with Gasteiger partial charge in [0.2, 0.25) is 16.2 Å². The SMILES string of the molecule is COS(=O)(=O)[O-].C[N+]1(C)CCN(C(=O)c2ccc3[nH]c(O)c(C4=Nc5ccccc5C4=O)c3c2)CC1. The first-order valence-corrected chi connectivity index (χ1v) is 12.4. The normalized spacial score (nSPS) is 16.8. The molecule has 0 saturated carbocycles. The van der Waals surface area contributed by atoms with Gasteiger partial charge in [-0.25, -0.2) is 13.4 Å². The molecule has 2 aromatic carbocycles. The van der Waals surface area contributed by atoms with Gasteiger partial charge in [-0.3, -0.25) is 13.8 Å². The molecule has 0 spiro atoms. The van der Waals surface area contributed by atoms with E-state index >= 15 is 0 Å². The number of aromatic amines is 1. The summed E-state index contributed by atoms with van der Waals surface area (Å²) in [4.78, 5) is 35.2. The molecular weight excluding hydrogens is 488 g/mol. The number of amides is 1. The maximum Gasteiger partial charge on any atom is 0.254 e. The van der Waals surface area contributed by atoms with Crippen LogP contribution in [0.3, 0.4) is 0 Å². The molecule has 3 heterocycles. The Balaban J connectivity index is 0.000000455. The summed E-state index contributed by atoms with van der Waals surface area (Å²) >= 11 is 0. The first kappa shape index (κ1) is 25.5. The lowest BCUT2D eigenvalue weighted by atomic mass is 10.0. The van der Waals surface area contributed by atoms with E-state index in [0.29, 0.717) is 46.4 Å². The maximum atomic E-state index is 13.1. The second-order valence-corrected chi connectivity index (χ2v) is 10.3. The molecule has 11 nitrogen and oxygen atoms in total. The number of Topliss-reactive ketones (excluding diaryl/α,β-unsaturated/α-hetero) is 1. The number of hydrogen-bond acceptors (Lipinski definition) is 8. The number of quaternary nitrogens is 1. The lowest BCUT2D eigenvalue weighted by Crippen LogP contribution is -2.56. The molecule has 3 aromatic rings. The average molecular weight is 515 g/mol. The minimum absolute atomic E-state index is 0.0359. The van der Waals surface area contributed by atoms with E-state index in [2.05, 4.69) is 28.3 Å².